The smallest absolute Gasteiger partial charge is 0.251 e. The number of nitrogens with one attached hydrogen (secondary N) is 1. The van der Waals surface area contributed by atoms with Crippen molar-refractivity contribution in [1.82, 2.24) is 9.62 Å². The molecular formula is C25H30N2O3S. The molecule has 0 spiro atoms. The second-order valence-electron chi connectivity index (χ2n) is 9.48. The summed E-state index contributed by atoms with van der Waals surface area (Å²) in [7, 11) is -3.59. The second kappa shape index (κ2) is 8.06. The quantitative estimate of drug-likeness (QED) is 0.768. The summed E-state index contributed by atoms with van der Waals surface area (Å²) in [5.41, 5.74) is 2.78. The molecule has 5 rings (SSSR count). The first-order chi connectivity index (χ1) is 14.9. The SMILES string of the molecule is C[C@H](NC(=O)c1ccc(S(=O)(=O)N2CCc3ccccc3C2)cc1)[C@H]1C[C@H]2CC[C@H]1C2. The molecule has 1 N–H and O–H groups in total. The minimum Gasteiger partial charge on any atom is -0.349 e. The number of amides is 1. The number of carbonyl (C=O) groups is 1. The van der Waals surface area contributed by atoms with Crippen LogP contribution in [0.25, 0.3) is 0 Å². The largest absolute Gasteiger partial charge is 0.349 e. The summed E-state index contributed by atoms with van der Waals surface area (Å²) in [4.78, 5) is 13.0. The molecule has 3 aliphatic rings. The van der Waals surface area contributed by atoms with E-state index in [1.165, 1.54) is 35.6 Å². The number of hydrogen-bond acceptors (Lipinski definition) is 3. The van der Waals surface area contributed by atoms with Crippen LogP contribution in [-0.2, 0) is 23.0 Å². The molecule has 2 fully saturated rings. The van der Waals surface area contributed by atoms with E-state index in [-0.39, 0.29) is 16.8 Å². The van der Waals surface area contributed by atoms with E-state index in [9.17, 15) is 13.2 Å². The van der Waals surface area contributed by atoms with E-state index in [0.29, 0.717) is 24.6 Å². The van der Waals surface area contributed by atoms with Crippen molar-refractivity contribution in [3.05, 3.63) is 65.2 Å². The molecule has 1 amide bonds. The minimum atomic E-state index is -3.59. The zero-order valence-corrected chi connectivity index (χ0v) is 18.8. The number of hydrogen-bond donors (Lipinski definition) is 1. The summed E-state index contributed by atoms with van der Waals surface area (Å²) in [6.07, 6.45) is 5.90. The van der Waals surface area contributed by atoms with Crippen molar-refractivity contribution in [2.24, 2.45) is 17.8 Å². The average Bonchev–Trinajstić information content (AvgIpc) is 3.43. The highest BCUT2D eigenvalue weighted by Crippen LogP contribution is 2.49. The van der Waals surface area contributed by atoms with E-state index in [1.807, 2.05) is 18.2 Å². The third-order valence-electron chi connectivity index (χ3n) is 7.64. The fraction of sp³-hybridized carbons (Fsp3) is 0.480. The molecule has 1 aliphatic heterocycles. The molecule has 0 aromatic heterocycles. The lowest BCUT2D eigenvalue weighted by molar-refractivity contribution is 0.0915. The predicted molar refractivity (Wildman–Crippen MR) is 120 cm³/mol. The monoisotopic (exact) mass is 438 g/mol. The Morgan fingerprint density at radius 1 is 1.03 bits per heavy atom. The number of sulfonamides is 1. The Morgan fingerprint density at radius 3 is 2.45 bits per heavy atom. The van der Waals surface area contributed by atoms with Gasteiger partial charge < -0.3 is 5.32 Å². The van der Waals surface area contributed by atoms with Crippen LogP contribution in [0.15, 0.2) is 53.4 Å². The molecule has 1 heterocycles. The van der Waals surface area contributed by atoms with Crippen molar-refractivity contribution in [2.75, 3.05) is 6.54 Å². The van der Waals surface area contributed by atoms with Gasteiger partial charge in [0.25, 0.3) is 5.91 Å². The maximum Gasteiger partial charge on any atom is 0.251 e. The molecular weight excluding hydrogens is 408 g/mol. The molecule has 4 atom stereocenters. The van der Waals surface area contributed by atoms with E-state index >= 15 is 0 Å². The first kappa shape index (κ1) is 20.7. The molecule has 0 radical (unpaired) electrons. The van der Waals surface area contributed by atoms with Crippen LogP contribution in [0.5, 0.6) is 0 Å². The van der Waals surface area contributed by atoms with Gasteiger partial charge in [0.15, 0.2) is 0 Å². The summed E-state index contributed by atoms with van der Waals surface area (Å²) in [5.74, 6) is 2.05. The molecule has 2 saturated carbocycles. The Morgan fingerprint density at radius 2 is 1.77 bits per heavy atom. The highest BCUT2D eigenvalue weighted by atomic mass is 32.2. The summed E-state index contributed by atoms with van der Waals surface area (Å²) < 4.78 is 27.8. The van der Waals surface area contributed by atoms with Gasteiger partial charge in [0, 0.05) is 24.7 Å². The van der Waals surface area contributed by atoms with Gasteiger partial charge in [-0.1, -0.05) is 30.7 Å². The van der Waals surface area contributed by atoms with Gasteiger partial charge in [-0.3, -0.25) is 4.79 Å². The third-order valence-corrected chi connectivity index (χ3v) is 9.50. The molecule has 6 heteroatoms. The number of carbonyl (C=O) groups excluding carboxylic acids is 1. The Bertz CT molecular complexity index is 1080. The van der Waals surface area contributed by atoms with Crippen LogP contribution < -0.4 is 5.32 Å². The van der Waals surface area contributed by atoms with E-state index < -0.39 is 10.0 Å². The number of rotatable bonds is 5. The Balaban J connectivity index is 1.25. The average molecular weight is 439 g/mol. The van der Waals surface area contributed by atoms with Gasteiger partial charge in [0.1, 0.15) is 0 Å². The molecule has 2 bridgehead atoms. The van der Waals surface area contributed by atoms with Crippen molar-refractivity contribution in [1.29, 1.82) is 0 Å². The minimum absolute atomic E-state index is 0.119. The third kappa shape index (κ3) is 3.92. The van der Waals surface area contributed by atoms with E-state index in [1.54, 1.807) is 24.3 Å². The van der Waals surface area contributed by atoms with Crippen LogP contribution in [0.4, 0.5) is 0 Å². The van der Waals surface area contributed by atoms with E-state index in [4.69, 9.17) is 0 Å². The van der Waals surface area contributed by atoms with E-state index in [0.717, 1.165) is 23.8 Å². The number of nitrogens with zero attached hydrogens (tertiary/aromatic N) is 1. The molecule has 31 heavy (non-hydrogen) atoms. The van der Waals surface area contributed by atoms with Gasteiger partial charge in [-0.2, -0.15) is 4.31 Å². The molecule has 2 aromatic carbocycles. The fourth-order valence-corrected chi connectivity index (χ4v) is 7.32. The van der Waals surface area contributed by atoms with Crippen LogP contribution in [0.3, 0.4) is 0 Å². The maximum atomic E-state index is 13.1. The highest BCUT2D eigenvalue weighted by Gasteiger charge is 2.42. The summed E-state index contributed by atoms with van der Waals surface area (Å²) in [6.45, 7) is 2.97. The predicted octanol–water partition coefficient (Wildman–Crippen LogP) is 3.99. The number of fused-ring (bicyclic) bond motifs is 3. The van der Waals surface area contributed by atoms with Gasteiger partial charge >= 0.3 is 0 Å². The van der Waals surface area contributed by atoms with Gasteiger partial charge in [-0.25, -0.2) is 8.42 Å². The van der Waals surface area contributed by atoms with Crippen LogP contribution in [-0.4, -0.2) is 31.2 Å². The van der Waals surface area contributed by atoms with Gasteiger partial charge in [-0.05, 0) is 85.8 Å². The Labute approximate surface area is 184 Å². The summed E-state index contributed by atoms with van der Waals surface area (Å²) in [5, 5.41) is 3.16. The Kier molecular flexibility index (Phi) is 5.39. The van der Waals surface area contributed by atoms with Crippen LogP contribution in [0, 0.1) is 17.8 Å². The molecule has 0 unspecified atom stereocenters. The molecule has 164 valence electrons. The summed E-state index contributed by atoms with van der Waals surface area (Å²) >= 11 is 0. The van der Waals surface area contributed by atoms with Crippen LogP contribution in [0.2, 0.25) is 0 Å². The zero-order valence-electron chi connectivity index (χ0n) is 18.0. The first-order valence-corrected chi connectivity index (χ1v) is 12.8. The van der Waals surface area contributed by atoms with Crippen molar-refractivity contribution in [2.45, 2.75) is 56.5 Å². The molecule has 0 saturated heterocycles. The first-order valence-electron chi connectivity index (χ1n) is 11.4. The van der Waals surface area contributed by atoms with Crippen molar-refractivity contribution in [3.63, 3.8) is 0 Å². The maximum absolute atomic E-state index is 13.1. The van der Waals surface area contributed by atoms with Crippen molar-refractivity contribution >= 4 is 15.9 Å². The fourth-order valence-electron chi connectivity index (χ4n) is 5.91. The molecule has 2 aliphatic carbocycles. The second-order valence-corrected chi connectivity index (χ2v) is 11.4. The lowest BCUT2D eigenvalue weighted by atomic mass is 9.84. The molecule has 5 nitrogen and oxygen atoms in total. The normalized spacial score (nSPS) is 26.4. The highest BCUT2D eigenvalue weighted by molar-refractivity contribution is 7.89. The summed E-state index contributed by atoms with van der Waals surface area (Å²) in [6, 6.07) is 14.5. The van der Waals surface area contributed by atoms with Gasteiger partial charge in [-0.15, -0.1) is 0 Å². The number of benzene rings is 2. The van der Waals surface area contributed by atoms with Gasteiger partial charge in [0.05, 0.1) is 4.90 Å². The zero-order chi connectivity index (χ0) is 21.6. The van der Waals surface area contributed by atoms with Crippen LogP contribution >= 0.6 is 0 Å². The lowest BCUT2D eigenvalue weighted by Gasteiger charge is -2.29. The molecule has 2 aromatic rings. The lowest BCUT2D eigenvalue weighted by Crippen LogP contribution is -2.40. The Hall–Kier alpha value is -2.18. The standard InChI is InChI=1S/C25H30N2O3S/c1-17(24-15-18-6-7-21(24)14-18)26-25(28)20-8-10-23(11-9-20)31(29,30)27-13-12-19-4-2-3-5-22(19)16-27/h2-5,8-11,17-18,21,24H,6-7,12-16H2,1H3,(H,26,28)/t17-,18-,21-,24+/m0/s1. The van der Waals surface area contributed by atoms with Gasteiger partial charge in [0.2, 0.25) is 10.0 Å². The van der Waals surface area contributed by atoms with E-state index in [2.05, 4.69) is 18.3 Å². The van der Waals surface area contributed by atoms with Crippen LogP contribution in [0.1, 0.15) is 54.1 Å². The van der Waals surface area contributed by atoms with Crippen molar-refractivity contribution < 1.29 is 13.2 Å². The van der Waals surface area contributed by atoms with Crippen molar-refractivity contribution in [3.8, 4) is 0 Å². The topological polar surface area (TPSA) is 66.5 Å².